The Morgan fingerprint density at radius 1 is 1.27 bits per heavy atom. The van der Waals surface area contributed by atoms with Crippen molar-refractivity contribution in [3.63, 3.8) is 0 Å². The first kappa shape index (κ1) is 28.7. The van der Waals surface area contributed by atoms with E-state index in [0.717, 1.165) is 35.9 Å². The molecule has 1 aromatic carbocycles. The third kappa shape index (κ3) is 6.66. The van der Waals surface area contributed by atoms with E-state index in [1.807, 2.05) is 31.2 Å². The monoisotopic (exact) mass is 547 g/mol. The average molecular weight is 548 g/mol. The van der Waals surface area contributed by atoms with Crippen LogP contribution in [0.25, 0.3) is 10.2 Å². The molecule has 0 spiro atoms. The van der Waals surface area contributed by atoms with Crippen molar-refractivity contribution < 1.29 is 17.9 Å². The van der Waals surface area contributed by atoms with Crippen LogP contribution in [0.3, 0.4) is 0 Å². The maximum absolute atomic E-state index is 13.2. The Balaban J connectivity index is 1.38. The number of hydrogen-bond donors (Lipinski definition) is 0. The van der Waals surface area contributed by atoms with Crippen molar-refractivity contribution in [2.24, 2.45) is 23.2 Å². The summed E-state index contributed by atoms with van der Waals surface area (Å²) in [5.74, 6) is 1.91. The smallest absolute Gasteiger partial charge is 0.210 e. The van der Waals surface area contributed by atoms with Crippen LogP contribution in [-0.2, 0) is 19.3 Å². The van der Waals surface area contributed by atoms with Crippen LogP contribution in [0.5, 0.6) is 0 Å². The van der Waals surface area contributed by atoms with E-state index in [9.17, 15) is 8.42 Å². The summed E-state index contributed by atoms with van der Waals surface area (Å²) < 4.78 is 38.8. The largest absolute Gasteiger partial charge is 0.356 e. The van der Waals surface area contributed by atoms with Crippen molar-refractivity contribution >= 4 is 31.4 Å². The second kappa shape index (κ2) is 11.8. The van der Waals surface area contributed by atoms with Gasteiger partial charge in [-0.3, -0.25) is 0 Å². The molecular weight excluding hydrogens is 502 g/mol. The first-order chi connectivity index (χ1) is 17.6. The van der Waals surface area contributed by atoms with E-state index in [4.69, 9.17) is 9.47 Å². The van der Waals surface area contributed by atoms with Crippen LogP contribution >= 0.6 is 11.3 Å². The number of nitrogens with zero attached hydrogens (tertiary/aromatic N) is 1. The van der Waals surface area contributed by atoms with Gasteiger partial charge in [-0.25, -0.2) is 13.4 Å². The Morgan fingerprint density at radius 3 is 2.81 bits per heavy atom. The molecular formula is C30H45NO4S2. The zero-order chi connectivity index (χ0) is 26.7. The topological polar surface area (TPSA) is 65.5 Å². The van der Waals surface area contributed by atoms with Gasteiger partial charge in [0.15, 0.2) is 0 Å². The first-order valence-corrected chi connectivity index (χ1v) is 16.5. The molecule has 206 valence electrons. The van der Waals surface area contributed by atoms with E-state index >= 15 is 0 Å². The minimum atomic E-state index is -3.42. The number of fused-ring (bicyclic) bond motifs is 2. The second-order valence-corrected chi connectivity index (χ2v) is 15.2. The third-order valence-corrected chi connectivity index (χ3v) is 12.1. The number of benzene rings is 1. The molecule has 37 heavy (non-hydrogen) atoms. The van der Waals surface area contributed by atoms with Gasteiger partial charge in [-0.05, 0) is 94.6 Å². The number of aromatic nitrogens is 1. The zero-order valence-electron chi connectivity index (χ0n) is 23.3. The van der Waals surface area contributed by atoms with E-state index < -0.39 is 9.84 Å². The zero-order valence-corrected chi connectivity index (χ0v) is 24.9. The van der Waals surface area contributed by atoms with Gasteiger partial charge >= 0.3 is 0 Å². The highest BCUT2D eigenvalue weighted by Gasteiger charge is 2.50. The highest BCUT2D eigenvalue weighted by atomic mass is 32.2. The molecule has 1 aromatic heterocycles. The van der Waals surface area contributed by atoms with Gasteiger partial charge in [0.2, 0.25) is 14.2 Å². The Labute approximate surface area is 228 Å². The summed E-state index contributed by atoms with van der Waals surface area (Å²) in [6.45, 7) is 12.3. The molecule has 0 saturated heterocycles. The average Bonchev–Trinajstić information content (AvgIpc) is 3.44. The number of thiazole rings is 1. The molecule has 2 saturated carbocycles. The van der Waals surface area contributed by atoms with E-state index in [1.165, 1.54) is 42.6 Å². The molecule has 2 aliphatic carbocycles. The normalized spacial score (nSPS) is 26.6. The highest BCUT2D eigenvalue weighted by Crippen LogP contribution is 2.60. The Kier molecular flexibility index (Phi) is 9.20. The predicted octanol–water partition coefficient (Wildman–Crippen LogP) is 7.81. The molecule has 1 heterocycles. The number of sulfone groups is 1. The summed E-state index contributed by atoms with van der Waals surface area (Å²) in [5.41, 5.74) is 2.25. The molecule has 2 fully saturated rings. The third-order valence-electron chi connectivity index (χ3n) is 9.01. The highest BCUT2D eigenvalue weighted by molar-refractivity contribution is 7.93. The Hall–Kier alpha value is -1.28. The van der Waals surface area contributed by atoms with Crippen LogP contribution in [0, 0.1) is 23.2 Å². The van der Waals surface area contributed by atoms with Crippen molar-refractivity contribution in [1.82, 2.24) is 4.98 Å². The molecule has 4 atom stereocenters. The Bertz CT molecular complexity index is 1150. The quantitative estimate of drug-likeness (QED) is 0.154. The molecule has 0 N–H and O–H groups in total. The van der Waals surface area contributed by atoms with Gasteiger partial charge in [-0.15, -0.1) is 11.3 Å². The molecule has 7 heteroatoms. The summed E-state index contributed by atoms with van der Waals surface area (Å²) in [6, 6.07) is 7.64. The first-order valence-electron chi connectivity index (χ1n) is 14.0. The molecule has 0 bridgehead atoms. The fraction of sp³-hybridized carbons (Fsp3) is 0.700. The lowest BCUT2D eigenvalue weighted by Crippen LogP contribution is -2.36. The molecule has 2 aliphatic rings. The number of hydrogen-bond acceptors (Lipinski definition) is 6. The maximum atomic E-state index is 13.2. The number of rotatable bonds is 12. The lowest BCUT2D eigenvalue weighted by molar-refractivity contribution is -0.128. The van der Waals surface area contributed by atoms with E-state index in [-0.39, 0.29) is 21.1 Å². The van der Waals surface area contributed by atoms with Crippen molar-refractivity contribution in [3.05, 3.63) is 35.9 Å². The van der Waals surface area contributed by atoms with Gasteiger partial charge in [0.05, 0.1) is 21.6 Å². The van der Waals surface area contributed by atoms with Crippen LogP contribution in [-0.4, -0.2) is 38.2 Å². The summed E-state index contributed by atoms with van der Waals surface area (Å²) in [5, 5.41) is 0. The minimum absolute atomic E-state index is 0.0613. The maximum Gasteiger partial charge on any atom is 0.210 e. The molecule has 2 aromatic rings. The van der Waals surface area contributed by atoms with Gasteiger partial charge < -0.3 is 9.47 Å². The van der Waals surface area contributed by atoms with Gasteiger partial charge in [-0.2, -0.15) is 0 Å². The fourth-order valence-corrected chi connectivity index (χ4v) is 9.43. The van der Waals surface area contributed by atoms with E-state index in [0.29, 0.717) is 31.2 Å². The number of para-hydroxylation sites is 1. The van der Waals surface area contributed by atoms with Crippen LogP contribution < -0.4 is 0 Å². The van der Waals surface area contributed by atoms with E-state index in [2.05, 4.69) is 38.8 Å². The standard InChI is InChI=1S/C30H45NO4S2/c1-6-34-21-35-29(3,4)18-9-11-22(2)24-15-16-25-23(12-10-19-30(24,25)5)17-20-37(32,33)28-31-26-13-7-8-14-27(26)36-28/h7-8,13-14,17,22,24-25H,6,9-12,15-16,18-21H2,1-5H3/b23-17+/t22-,24-,25+,30-/m1/s1. The molecule has 0 radical (unpaired) electrons. The molecule has 4 rings (SSSR count). The SMILES string of the molecule is CCOCOC(C)(C)CCC[C@@H](C)[C@H]1CC[C@H]2/C(=C/CS(=O)(=O)c3nc4ccccc4s3)CCC[C@]12C. The van der Waals surface area contributed by atoms with Crippen molar-refractivity contribution in [3.8, 4) is 0 Å². The molecule has 0 amide bonds. The summed E-state index contributed by atoms with van der Waals surface area (Å²) >= 11 is 1.28. The fourth-order valence-electron chi connectivity index (χ4n) is 6.94. The molecule has 5 nitrogen and oxygen atoms in total. The van der Waals surface area contributed by atoms with Gasteiger partial charge in [0, 0.05) is 6.61 Å². The van der Waals surface area contributed by atoms with Crippen LogP contribution in [0.15, 0.2) is 40.3 Å². The van der Waals surface area contributed by atoms with Crippen LogP contribution in [0.4, 0.5) is 0 Å². The molecule has 0 unspecified atom stereocenters. The molecule has 0 aliphatic heterocycles. The second-order valence-electron chi connectivity index (χ2n) is 12.0. The summed E-state index contributed by atoms with van der Waals surface area (Å²) in [4.78, 5) is 4.42. The van der Waals surface area contributed by atoms with E-state index in [1.54, 1.807) is 0 Å². The van der Waals surface area contributed by atoms with Crippen molar-refractivity contribution in [1.29, 1.82) is 0 Å². The van der Waals surface area contributed by atoms with Crippen molar-refractivity contribution in [2.45, 2.75) is 95.9 Å². The minimum Gasteiger partial charge on any atom is -0.356 e. The number of ether oxygens (including phenoxy) is 2. The predicted molar refractivity (Wildman–Crippen MR) is 153 cm³/mol. The summed E-state index contributed by atoms with van der Waals surface area (Å²) in [6.07, 6.45) is 11.3. The van der Waals surface area contributed by atoms with Gasteiger partial charge in [0.25, 0.3) is 0 Å². The lowest BCUT2D eigenvalue weighted by atomic mass is 9.61. The van der Waals surface area contributed by atoms with Crippen LogP contribution in [0.1, 0.15) is 86.0 Å². The van der Waals surface area contributed by atoms with Crippen molar-refractivity contribution in [2.75, 3.05) is 19.2 Å². The Morgan fingerprint density at radius 2 is 2.05 bits per heavy atom. The van der Waals surface area contributed by atoms with Gasteiger partial charge in [0.1, 0.15) is 6.79 Å². The lowest BCUT2D eigenvalue weighted by Gasteiger charge is -2.44. The number of allylic oxidation sites excluding steroid dienone is 1. The van der Waals surface area contributed by atoms with Gasteiger partial charge in [-0.1, -0.05) is 50.5 Å². The summed E-state index contributed by atoms with van der Waals surface area (Å²) in [7, 11) is -3.42. The van der Waals surface area contributed by atoms with Crippen LogP contribution in [0.2, 0.25) is 0 Å².